The van der Waals surface area contributed by atoms with Crippen molar-refractivity contribution in [3.05, 3.63) is 27.2 Å². The van der Waals surface area contributed by atoms with Gasteiger partial charge in [-0.2, -0.15) is 11.8 Å². The number of fused-ring (bicyclic) bond motifs is 3. The largest absolute Gasteiger partial charge is 0.493 e. The van der Waals surface area contributed by atoms with Gasteiger partial charge in [-0.05, 0) is 17.2 Å². The van der Waals surface area contributed by atoms with Crippen molar-refractivity contribution in [1.82, 2.24) is 0 Å². The van der Waals surface area contributed by atoms with Crippen molar-refractivity contribution in [3.8, 4) is 5.75 Å². The highest BCUT2D eigenvalue weighted by atomic mass is 79.9. The van der Waals surface area contributed by atoms with Crippen molar-refractivity contribution >= 4 is 27.7 Å². The molecule has 0 aromatic heterocycles. The highest BCUT2D eigenvalue weighted by Crippen LogP contribution is 2.46. The lowest BCUT2D eigenvalue weighted by Gasteiger charge is -2.30. The fourth-order valence-corrected chi connectivity index (χ4v) is 4.28. The van der Waals surface area contributed by atoms with E-state index in [9.17, 15) is 0 Å². The summed E-state index contributed by atoms with van der Waals surface area (Å²) in [5.74, 6) is 2.12. The van der Waals surface area contributed by atoms with Crippen LogP contribution in [0.3, 0.4) is 0 Å². The SMILES string of the molecule is CC1SCc2c3c(cc(Br)c2C1N)CCO3. The molecule has 3 rings (SSSR count). The van der Waals surface area contributed by atoms with Crippen LogP contribution in [0.25, 0.3) is 0 Å². The predicted octanol–water partition coefficient (Wildman–Crippen LogP) is 3.02. The Hall–Kier alpha value is -0.190. The van der Waals surface area contributed by atoms with Gasteiger partial charge in [0, 0.05) is 33.5 Å². The summed E-state index contributed by atoms with van der Waals surface area (Å²) in [4.78, 5) is 0. The quantitative estimate of drug-likeness (QED) is 0.800. The first-order valence-electron chi connectivity index (χ1n) is 5.52. The molecular weight excluding hydrogens is 286 g/mol. The van der Waals surface area contributed by atoms with Crippen LogP contribution >= 0.6 is 27.7 Å². The van der Waals surface area contributed by atoms with E-state index < -0.39 is 0 Å². The Kier molecular flexibility index (Phi) is 2.68. The van der Waals surface area contributed by atoms with E-state index in [1.54, 1.807) is 0 Å². The van der Waals surface area contributed by atoms with Crippen molar-refractivity contribution in [1.29, 1.82) is 0 Å². The summed E-state index contributed by atoms with van der Waals surface area (Å²) < 4.78 is 6.90. The molecule has 2 atom stereocenters. The summed E-state index contributed by atoms with van der Waals surface area (Å²) >= 11 is 5.58. The van der Waals surface area contributed by atoms with Crippen molar-refractivity contribution in [2.75, 3.05) is 6.61 Å². The first kappa shape index (κ1) is 10.9. The zero-order valence-electron chi connectivity index (χ0n) is 9.13. The normalized spacial score (nSPS) is 27.2. The zero-order chi connectivity index (χ0) is 11.3. The Morgan fingerprint density at radius 3 is 3.19 bits per heavy atom. The molecule has 0 aliphatic carbocycles. The number of hydrogen-bond acceptors (Lipinski definition) is 3. The summed E-state index contributed by atoms with van der Waals surface area (Å²) in [6.07, 6.45) is 1.02. The molecule has 2 heterocycles. The molecule has 2 aliphatic rings. The van der Waals surface area contributed by atoms with Crippen LogP contribution in [0, 0.1) is 0 Å². The smallest absolute Gasteiger partial charge is 0.127 e. The Morgan fingerprint density at radius 1 is 1.56 bits per heavy atom. The van der Waals surface area contributed by atoms with Gasteiger partial charge in [-0.15, -0.1) is 0 Å². The number of thioether (sulfide) groups is 1. The first-order chi connectivity index (χ1) is 7.68. The number of halogens is 1. The van der Waals surface area contributed by atoms with Gasteiger partial charge in [0.05, 0.1) is 6.61 Å². The predicted molar refractivity (Wildman–Crippen MR) is 71.0 cm³/mol. The van der Waals surface area contributed by atoms with Crippen LogP contribution in [-0.4, -0.2) is 11.9 Å². The maximum atomic E-state index is 6.28. The van der Waals surface area contributed by atoms with Gasteiger partial charge in [-0.25, -0.2) is 0 Å². The molecule has 2 unspecified atom stereocenters. The van der Waals surface area contributed by atoms with E-state index in [4.69, 9.17) is 10.5 Å². The Labute approximate surface area is 108 Å². The maximum absolute atomic E-state index is 6.28. The van der Waals surface area contributed by atoms with Crippen molar-refractivity contribution in [2.24, 2.45) is 5.73 Å². The molecule has 1 aromatic carbocycles. The second-order valence-corrected chi connectivity index (χ2v) is 6.60. The molecule has 86 valence electrons. The molecule has 0 spiro atoms. The van der Waals surface area contributed by atoms with Crippen LogP contribution in [0.1, 0.15) is 29.7 Å². The number of hydrogen-bond donors (Lipinski definition) is 1. The minimum Gasteiger partial charge on any atom is -0.493 e. The fourth-order valence-electron chi connectivity index (χ4n) is 2.44. The van der Waals surface area contributed by atoms with E-state index in [2.05, 4.69) is 28.9 Å². The molecule has 1 aromatic rings. The average Bonchev–Trinajstić information content (AvgIpc) is 2.70. The highest BCUT2D eigenvalue weighted by molar-refractivity contribution is 9.10. The first-order valence-corrected chi connectivity index (χ1v) is 7.37. The third-order valence-corrected chi connectivity index (χ3v) is 5.33. The number of rotatable bonds is 0. The van der Waals surface area contributed by atoms with Gasteiger partial charge in [0.15, 0.2) is 0 Å². The molecule has 2 N–H and O–H groups in total. The lowest BCUT2D eigenvalue weighted by atomic mass is 9.95. The molecular formula is C12H14BrNOS. The highest BCUT2D eigenvalue weighted by Gasteiger charge is 2.31. The van der Waals surface area contributed by atoms with Crippen molar-refractivity contribution < 1.29 is 4.74 Å². The van der Waals surface area contributed by atoms with Gasteiger partial charge < -0.3 is 10.5 Å². The monoisotopic (exact) mass is 299 g/mol. The second kappa shape index (κ2) is 3.93. The van der Waals surface area contributed by atoms with Crippen LogP contribution < -0.4 is 10.5 Å². The third kappa shape index (κ3) is 1.50. The van der Waals surface area contributed by atoms with Gasteiger partial charge in [0.25, 0.3) is 0 Å². The number of ether oxygens (including phenoxy) is 1. The molecule has 2 aliphatic heterocycles. The topological polar surface area (TPSA) is 35.2 Å². The van der Waals surface area contributed by atoms with Crippen LogP contribution in [0.2, 0.25) is 0 Å². The Balaban J connectivity index is 2.21. The number of benzene rings is 1. The van der Waals surface area contributed by atoms with Crippen LogP contribution in [0.15, 0.2) is 10.5 Å². The Morgan fingerprint density at radius 2 is 2.38 bits per heavy atom. The summed E-state index contributed by atoms with van der Waals surface area (Å²) in [7, 11) is 0. The van der Waals surface area contributed by atoms with Crippen LogP contribution in [0.4, 0.5) is 0 Å². The van der Waals surface area contributed by atoms with E-state index in [1.807, 2.05) is 11.8 Å². The molecule has 0 fully saturated rings. The van der Waals surface area contributed by atoms with E-state index in [-0.39, 0.29) is 6.04 Å². The molecule has 0 saturated carbocycles. The molecule has 0 bridgehead atoms. The zero-order valence-corrected chi connectivity index (χ0v) is 11.5. The van der Waals surface area contributed by atoms with Gasteiger partial charge in [-0.3, -0.25) is 0 Å². The van der Waals surface area contributed by atoms with Crippen LogP contribution in [0.5, 0.6) is 5.75 Å². The lowest BCUT2D eigenvalue weighted by molar-refractivity contribution is 0.353. The molecule has 4 heteroatoms. The van der Waals surface area contributed by atoms with E-state index in [0.29, 0.717) is 5.25 Å². The fraction of sp³-hybridized carbons (Fsp3) is 0.500. The van der Waals surface area contributed by atoms with Crippen LogP contribution in [-0.2, 0) is 12.2 Å². The minimum absolute atomic E-state index is 0.109. The van der Waals surface area contributed by atoms with Gasteiger partial charge in [-0.1, -0.05) is 22.9 Å². The standard InChI is InChI=1S/C12H14BrNOS/c1-6-11(14)10-8(5-16-6)12-7(2-3-15-12)4-9(10)13/h4,6,11H,2-3,5,14H2,1H3. The van der Waals surface area contributed by atoms with Gasteiger partial charge in [0.1, 0.15) is 5.75 Å². The van der Waals surface area contributed by atoms with E-state index in [0.717, 1.165) is 29.0 Å². The third-order valence-electron chi connectivity index (χ3n) is 3.40. The van der Waals surface area contributed by atoms with Gasteiger partial charge >= 0.3 is 0 Å². The maximum Gasteiger partial charge on any atom is 0.127 e. The van der Waals surface area contributed by atoms with Crippen molar-refractivity contribution in [3.63, 3.8) is 0 Å². The van der Waals surface area contributed by atoms with Crippen molar-refractivity contribution in [2.45, 2.75) is 30.4 Å². The van der Waals surface area contributed by atoms with E-state index >= 15 is 0 Å². The summed E-state index contributed by atoms with van der Waals surface area (Å²) in [6.45, 7) is 3.01. The van der Waals surface area contributed by atoms with Gasteiger partial charge in [0.2, 0.25) is 0 Å². The lowest BCUT2D eigenvalue weighted by Crippen LogP contribution is -2.26. The summed E-state index contributed by atoms with van der Waals surface area (Å²) in [6, 6.07) is 2.29. The average molecular weight is 300 g/mol. The number of nitrogens with two attached hydrogens (primary N) is 1. The second-order valence-electron chi connectivity index (χ2n) is 4.38. The molecule has 0 radical (unpaired) electrons. The molecule has 16 heavy (non-hydrogen) atoms. The minimum atomic E-state index is 0.109. The summed E-state index contributed by atoms with van der Waals surface area (Å²) in [5, 5.41) is 0.475. The molecule has 0 saturated heterocycles. The molecule has 2 nitrogen and oxygen atoms in total. The molecule has 0 amide bonds. The Bertz CT molecular complexity index is 449. The van der Waals surface area contributed by atoms with E-state index in [1.165, 1.54) is 16.7 Å². The summed E-state index contributed by atoms with van der Waals surface area (Å²) in [5.41, 5.74) is 10.2.